The normalized spacial score (nSPS) is 25.4. The summed E-state index contributed by atoms with van der Waals surface area (Å²) in [5, 5.41) is 3.45. The fourth-order valence-corrected chi connectivity index (χ4v) is 1.66. The van der Waals surface area contributed by atoms with Crippen LogP contribution in [-0.2, 0) is 19.0 Å². The molecule has 0 unspecified atom stereocenters. The first kappa shape index (κ1) is 15.2. The molecular formula is C12H17N3O4. The van der Waals surface area contributed by atoms with E-state index >= 15 is 0 Å². The predicted molar refractivity (Wildman–Crippen MR) is 68.1 cm³/mol. The van der Waals surface area contributed by atoms with Crippen molar-refractivity contribution in [2.24, 2.45) is 11.0 Å². The largest absolute Gasteiger partial charge is 0.469 e. The molecular weight excluding hydrogens is 250 g/mol. The van der Waals surface area contributed by atoms with E-state index < -0.39 is 6.29 Å². The molecule has 104 valence electrons. The topological polar surface area (TPSA) is 93.5 Å². The minimum absolute atomic E-state index is 0.170. The van der Waals surface area contributed by atoms with Gasteiger partial charge in [0.25, 0.3) is 0 Å². The van der Waals surface area contributed by atoms with Crippen LogP contribution in [0.25, 0.3) is 10.4 Å². The zero-order chi connectivity index (χ0) is 14.1. The maximum Gasteiger partial charge on any atom is 0.306 e. The molecule has 0 bridgehead atoms. The van der Waals surface area contributed by atoms with E-state index in [0.29, 0.717) is 6.61 Å². The van der Waals surface area contributed by atoms with E-state index in [1.165, 1.54) is 7.11 Å². The van der Waals surface area contributed by atoms with Crippen molar-refractivity contribution < 1.29 is 19.0 Å². The minimum Gasteiger partial charge on any atom is -0.469 e. The number of azide groups is 1. The van der Waals surface area contributed by atoms with E-state index in [2.05, 4.69) is 21.3 Å². The van der Waals surface area contributed by atoms with Crippen molar-refractivity contribution in [2.45, 2.75) is 18.8 Å². The van der Waals surface area contributed by atoms with Crippen molar-refractivity contribution in [3.8, 4) is 0 Å². The molecule has 0 aliphatic carbocycles. The van der Waals surface area contributed by atoms with Crippen molar-refractivity contribution in [3.63, 3.8) is 0 Å². The summed E-state index contributed by atoms with van der Waals surface area (Å²) in [7, 11) is 1.33. The van der Waals surface area contributed by atoms with Crippen LogP contribution in [-0.4, -0.2) is 38.6 Å². The second-order valence-corrected chi connectivity index (χ2v) is 3.91. The van der Waals surface area contributed by atoms with E-state index in [9.17, 15) is 4.79 Å². The van der Waals surface area contributed by atoms with E-state index in [-0.39, 0.29) is 31.0 Å². The molecule has 0 fully saturated rings. The molecule has 0 saturated carbocycles. The molecule has 19 heavy (non-hydrogen) atoms. The second kappa shape index (κ2) is 8.31. The molecule has 0 N–H and O–H groups in total. The molecule has 0 aromatic carbocycles. The fraction of sp³-hybridized carbons (Fsp3) is 0.583. The number of ether oxygens (including phenoxy) is 3. The van der Waals surface area contributed by atoms with Crippen LogP contribution in [0, 0.1) is 5.92 Å². The summed E-state index contributed by atoms with van der Waals surface area (Å²) in [6.07, 6.45) is 4.42. The third-order valence-electron chi connectivity index (χ3n) is 2.56. The molecule has 7 nitrogen and oxygen atoms in total. The summed E-state index contributed by atoms with van der Waals surface area (Å²) in [4.78, 5) is 14.0. The Bertz CT molecular complexity index is 390. The summed E-state index contributed by atoms with van der Waals surface area (Å²) < 4.78 is 15.7. The first-order chi connectivity index (χ1) is 9.21. The van der Waals surface area contributed by atoms with Gasteiger partial charge in [-0.05, 0) is 5.53 Å². The molecule has 1 aliphatic heterocycles. The van der Waals surface area contributed by atoms with Gasteiger partial charge in [0, 0.05) is 10.8 Å². The fourth-order valence-electron chi connectivity index (χ4n) is 1.66. The Morgan fingerprint density at radius 1 is 1.63 bits per heavy atom. The molecule has 1 heterocycles. The van der Waals surface area contributed by atoms with Gasteiger partial charge in [-0.25, -0.2) is 0 Å². The number of esters is 1. The van der Waals surface area contributed by atoms with Gasteiger partial charge in [-0.1, -0.05) is 23.3 Å². The third-order valence-corrected chi connectivity index (χ3v) is 2.56. The molecule has 1 rings (SSSR count). The van der Waals surface area contributed by atoms with E-state index in [1.807, 2.05) is 6.08 Å². The van der Waals surface area contributed by atoms with Crippen LogP contribution in [0.5, 0.6) is 0 Å². The molecule has 3 atom stereocenters. The highest BCUT2D eigenvalue weighted by Gasteiger charge is 2.29. The average molecular weight is 267 g/mol. The Morgan fingerprint density at radius 3 is 3.05 bits per heavy atom. The molecule has 0 spiro atoms. The Balaban J connectivity index is 2.67. The molecule has 0 radical (unpaired) electrons. The average Bonchev–Trinajstić information content (AvgIpc) is 2.44. The number of carbonyl (C=O) groups excluding carboxylic acids is 1. The Hall–Kier alpha value is -1.82. The second-order valence-electron chi connectivity index (χ2n) is 3.91. The zero-order valence-corrected chi connectivity index (χ0v) is 10.8. The van der Waals surface area contributed by atoms with E-state index in [4.69, 9.17) is 15.0 Å². The van der Waals surface area contributed by atoms with Crippen LogP contribution in [0.2, 0.25) is 0 Å². The number of methoxy groups -OCH3 is 1. The van der Waals surface area contributed by atoms with Crippen LogP contribution in [0.3, 0.4) is 0 Å². The van der Waals surface area contributed by atoms with Crippen LogP contribution >= 0.6 is 0 Å². The Kier molecular flexibility index (Phi) is 6.67. The van der Waals surface area contributed by atoms with Gasteiger partial charge in [-0.2, -0.15) is 0 Å². The lowest BCUT2D eigenvalue weighted by Gasteiger charge is -2.31. The molecule has 1 aliphatic rings. The number of rotatable bonds is 7. The number of nitrogens with zero attached hydrogens (tertiary/aromatic N) is 3. The van der Waals surface area contributed by atoms with Gasteiger partial charge in [0.05, 0.1) is 32.8 Å². The van der Waals surface area contributed by atoms with Crippen molar-refractivity contribution in [1.29, 1.82) is 0 Å². The lowest BCUT2D eigenvalue weighted by Crippen LogP contribution is -2.36. The number of hydrogen-bond donors (Lipinski definition) is 0. The minimum atomic E-state index is -0.582. The van der Waals surface area contributed by atoms with Gasteiger partial charge < -0.3 is 14.2 Å². The first-order valence-electron chi connectivity index (χ1n) is 5.85. The monoisotopic (exact) mass is 267 g/mol. The van der Waals surface area contributed by atoms with Crippen LogP contribution in [0.1, 0.15) is 6.42 Å². The van der Waals surface area contributed by atoms with Gasteiger partial charge in [-0.3, -0.25) is 4.79 Å². The van der Waals surface area contributed by atoms with Crippen LogP contribution in [0.4, 0.5) is 0 Å². The molecule has 7 heteroatoms. The van der Waals surface area contributed by atoms with Crippen molar-refractivity contribution in [1.82, 2.24) is 0 Å². The molecule has 0 aromatic rings. The summed E-state index contributed by atoms with van der Waals surface area (Å²) in [6, 6.07) is 0. The van der Waals surface area contributed by atoms with Gasteiger partial charge in [0.15, 0.2) is 6.29 Å². The van der Waals surface area contributed by atoms with Gasteiger partial charge >= 0.3 is 5.97 Å². The van der Waals surface area contributed by atoms with Crippen molar-refractivity contribution in [2.75, 3.05) is 20.3 Å². The van der Waals surface area contributed by atoms with Crippen LogP contribution in [0.15, 0.2) is 29.9 Å². The summed E-state index contributed by atoms with van der Waals surface area (Å²) in [5.41, 5.74) is 8.28. The lowest BCUT2D eigenvalue weighted by molar-refractivity contribution is -0.183. The maximum atomic E-state index is 11.3. The molecule has 0 saturated heterocycles. The first-order valence-corrected chi connectivity index (χ1v) is 5.85. The van der Waals surface area contributed by atoms with Crippen LogP contribution < -0.4 is 0 Å². The summed E-state index contributed by atoms with van der Waals surface area (Å²) in [5.74, 6) is -0.561. The quantitative estimate of drug-likeness (QED) is 0.232. The van der Waals surface area contributed by atoms with E-state index in [1.54, 1.807) is 12.2 Å². The summed E-state index contributed by atoms with van der Waals surface area (Å²) >= 11 is 0. The summed E-state index contributed by atoms with van der Waals surface area (Å²) in [6.45, 7) is 4.06. The smallest absolute Gasteiger partial charge is 0.306 e. The van der Waals surface area contributed by atoms with Crippen molar-refractivity contribution in [3.05, 3.63) is 35.2 Å². The Labute approximate surface area is 111 Å². The maximum absolute atomic E-state index is 11.3. The van der Waals surface area contributed by atoms with Gasteiger partial charge in [0.2, 0.25) is 0 Å². The standard InChI is InChI=1S/C12H17N3O4/c1-3-6-18-12-9(7-11(16)17-2)4-5-10(19-12)8-14-15-13/h3-5,9-10,12H,1,6-8H2,2H3/t9-,10+,12+/m1/s1. The molecule has 0 amide bonds. The highest BCUT2D eigenvalue weighted by molar-refractivity contribution is 5.69. The highest BCUT2D eigenvalue weighted by Crippen LogP contribution is 2.23. The SMILES string of the molecule is C=CCO[C@H]1O[C@H](CN=[N+]=[N-])C=C[C@@H]1CC(=O)OC. The predicted octanol–water partition coefficient (Wildman–Crippen LogP) is 1.96. The number of hydrogen-bond acceptors (Lipinski definition) is 5. The zero-order valence-electron chi connectivity index (χ0n) is 10.8. The number of carbonyl (C=O) groups is 1. The van der Waals surface area contributed by atoms with Gasteiger partial charge in [-0.15, -0.1) is 6.58 Å². The lowest BCUT2D eigenvalue weighted by atomic mass is 10.0. The molecule has 0 aromatic heterocycles. The van der Waals surface area contributed by atoms with E-state index in [0.717, 1.165) is 0 Å². The van der Waals surface area contributed by atoms with Gasteiger partial charge in [0.1, 0.15) is 0 Å². The third kappa shape index (κ3) is 5.13. The highest BCUT2D eigenvalue weighted by atomic mass is 16.7. The van der Waals surface area contributed by atoms with Crippen molar-refractivity contribution >= 4 is 5.97 Å². The Morgan fingerprint density at radius 2 is 2.42 bits per heavy atom.